The van der Waals surface area contributed by atoms with Crippen LogP contribution in [0.3, 0.4) is 0 Å². The van der Waals surface area contributed by atoms with Crippen molar-refractivity contribution in [2.75, 3.05) is 7.05 Å². The number of hydrogen-bond donors (Lipinski definition) is 1. The third-order valence-corrected chi connectivity index (χ3v) is 4.70. The van der Waals surface area contributed by atoms with E-state index in [2.05, 4.69) is 10.1 Å². The van der Waals surface area contributed by atoms with E-state index >= 15 is 0 Å². The van der Waals surface area contributed by atoms with Gasteiger partial charge in [-0.2, -0.15) is 5.10 Å². The van der Waals surface area contributed by atoms with Gasteiger partial charge in [-0.3, -0.25) is 9.59 Å². The number of aromatic nitrogens is 3. The number of carbonyl (C=O) groups is 1. The zero-order valence-electron chi connectivity index (χ0n) is 15.7. The largest absolute Gasteiger partial charge is 0.337 e. The fraction of sp³-hybridized carbons (Fsp3) is 0.136. The molecular weight excluding hydrogens is 352 g/mol. The Morgan fingerprint density at radius 1 is 1.14 bits per heavy atom. The number of amides is 1. The zero-order valence-corrected chi connectivity index (χ0v) is 15.7. The first-order valence-corrected chi connectivity index (χ1v) is 8.99. The smallest absolute Gasteiger partial charge is 0.254 e. The van der Waals surface area contributed by atoms with Crippen molar-refractivity contribution in [2.45, 2.75) is 13.5 Å². The molecule has 0 atom stereocenters. The number of H-pyrrole nitrogens is 1. The summed E-state index contributed by atoms with van der Waals surface area (Å²) in [7, 11) is 1.74. The summed E-state index contributed by atoms with van der Waals surface area (Å²) in [5.41, 5.74) is 3.79. The van der Waals surface area contributed by atoms with E-state index in [1.54, 1.807) is 22.8 Å². The number of rotatable bonds is 4. The molecule has 2 aromatic heterocycles. The Bertz CT molecular complexity index is 1190. The van der Waals surface area contributed by atoms with Gasteiger partial charge in [0.05, 0.1) is 11.3 Å². The van der Waals surface area contributed by atoms with Gasteiger partial charge in [-0.15, -0.1) is 0 Å². The van der Waals surface area contributed by atoms with E-state index in [4.69, 9.17) is 0 Å². The molecule has 0 unspecified atom stereocenters. The van der Waals surface area contributed by atoms with Crippen LogP contribution in [0.25, 0.3) is 16.6 Å². The number of nitrogens with one attached hydrogen (secondary N) is 1. The van der Waals surface area contributed by atoms with Crippen LogP contribution in [0.15, 0.2) is 71.8 Å². The second-order valence-corrected chi connectivity index (χ2v) is 6.87. The lowest BCUT2D eigenvalue weighted by molar-refractivity contribution is 0.0787. The standard InChI is InChI=1S/C22H20N4O2/c1-15-4-9-20-18(12-15)19(13-21(27)24-20)22(28)25(2)14-16-5-7-17(8-6-16)26-11-3-10-23-26/h3-13H,14H2,1-2H3,(H,24,27). The minimum atomic E-state index is -0.281. The highest BCUT2D eigenvalue weighted by molar-refractivity contribution is 6.06. The third-order valence-electron chi connectivity index (χ3n) is 4.70. The molecule has 2 heterocycles. The van der Waals surface area contributed by atoms with E-state index < -0.39 is 0 Å². The molecule has 0 radical (unpaired) electrons. The molecule has 6 heteroatoms. The maximum absolute atomic E-state index is 13.0. The molecule has 140 valence electrons. The van der Waals surface area contributed by atoms with Gasteiger partial charge >= 0.3 is 0 Å². The number of hydrogen-bond acceptors (Lipinski definition) is 3. The summed E-state index contributed by atoms with van der Waals surface area (Å²) in [4.78, 5) is 29.4. The Labute approximate surface area is 162 Å². The molecule has 4 rings (SSSR count). The second-order valence-electron chi connectivity index (χ2n) is 6.87. The van der Waals surface area contributed by atoms with Crippen LogP contribution in [0.5, 0.6) is 0 Å². The predicted octanol–water partition coefficient (Wildman–Crippen LogP) is 3.29. The third kappa shape index (κ3) is 3.44. The number of pyridine rings is 1. The fourth-order valence-electron chi connectivity index (χ4n) is 3.27. The van der Waals surface area contributed by atoms with Crippen LogP contribution in [-0.2, 0) is 6.54 Å². The first kappa shape index (κ1) is 17.7. The van der Waals surface area contributed by atoms with Gasteiger partial charge < -0.3 is 9.88 Å². The van der Waals surface area contributed by atoms with E-state index in [9.17, 15) is 9.59 Å². The van der Waals surface area contributed by atoms with E-state index in [-0.39, 0.29) is 11.5 Å². The molecule has 0 aliphatic heterocycles. The first-order chi connectivity index (χ1) is 13.5. The SMILES string of the molecule is Cc1ccc2[nH]c(=O)cc(C(=O)N(C)Cc3ccc(-n4cccn4)cc3)c2c1. The number of aryl methyl sites for hydroxylation is 1. The van der Waals surface area contributed by atoms with Crippen LogP contribution in [0.4, 0.5) is 0 Å². The van der Waals surface area contributed by atoms with Gasteiger partial charge in [0, 0.05) is 43.0 Å². The molecule has 0 saturated carbocycles. The summed E-state index contributed by atoms with van der Waals surface area (Å²) in [6.45, 7) is 2.40. The summed E-state index contributed by atoms with van der Waals surface area (Å²) in [5.74, 6) is -0.183. The molecule has 0 aliphatic carbocycles. The summed E-state index contributed by atoms with van der Waals surface area (Å²) in [6.07, 6.45) is 3.61. The summed E-state index contributed by atoms with van der Waals surface area (Å²) < 4.78 is 1.78. The van der Waals surface area contributed by atoms with Crippen LogP contribution in [0.2, 0.25) is 0 Å². The number of carbonyl (C=O) groups excluding carboxylic acids is 1. The van der Waals surface area contributed by atoms with Crippen LogP contribution in [0, 0.1) is 6.92 Å². The van der Waals surface area contributed by atoms with Crippen LogP contribution < -0.4 is 5.56 Å². The minimum absolute atomic E-state index is 0.183. The van der Waals surface area contributed by atoms with Crippen LogP contribution >= 0.6 is 0 Å². The van der Waals surface area contributed by atoms with Gasteiger partial charge in [0.2, 0.25) is 5.56 Å². The van der Waals surface area contributed by atoms with Crippen molar-refractivity contribution in [3.05, 3.63) is 94.0 Å². The van der Waals surface area contributed by atoms with Crippen LogP contribution in [0.1, 0.15) is 21.5 Å². The van der Waals surface area contributed by atoms with Crippen molar-refractivity contribution in [3.63, 3.8) is 0 Å². The van der Waals surface area contributed by atoms with Gasteiger partial charge in [0.1, 0.15) is 0 Å². The number of benzene rings is 2. The number of fused-ring (bicyclic) bond motifs is 1. The number of aromatic amines is 1. The zero-order chi connectivity index (χ0) is 19.7. The monoisotopic (exact) mass is 372 g/mol. The predicted molar refractivity (Wildman–Crippen MR) is 109 cm³/mol. The molecule has 1 N–H and O–H groups in total. The van der Waals surface area contributed by atoms with Gasteiger partial charge in [-0.1, -0.05) is 23.8 Å². The fourth-order valence-corrected chi connectivity index (χ4v) is 3.27. The van der Waals surface area contributed by atoms with Crippen molar-refractivity contribution >= 4 is 16.8 Å². The molecule has 0 bridgehead atoms. The lowest BCUT2D eigenvalue weighted by atomic mass is 10.1. The summed E-state index contributed by atoms with van der Waals surface area (Å²) in [5, 5.41) is 4.96. The molecule has 0 saturated heterocycles. The minimum Gasteiger partial charge on any atom is -0.337 e. The highest BCUT2D eigenvalue weighted by Gasteiger charge is 2.16. The van der Waals surface area contributed by atoms with E-state index in [1.165, 1.54) is 6.07 Å². The molecule has 4 aromatic rings. The molecule has 0 fully saturated rings. The molecule has 0 spiro atoms. The topological polar surface area (TPSA) is 71.0 Å². The van der Waals surface area contributed by atoms with Gasteiger partial charge in [-0.25, -0.2) is 4.68 Å². The first-order valence-electron chi connectivity index (χ1n) is 8.99. The van der Waals surface area contributed by atoms with Gasteiger partial charge in [-0.05, 0) is 42.8 Å². The second kappa shape index (κ2) is 7.15. The molecule has 28 heavy (non-hydrogen) atoms. The van der Waals surface area contributed by atoms with Crippen molar-refractivity contribution in [3.8, 4) is 5.69 Å². The Morgan fingerprint density at radius 2 is 1.93 bits per heavy atom. The maximum Gasteiger partial charge on any atom is 0.254 e. The average Bonchev–Trinajstić information content (AvgIpc) is 3.22. The van der Waals surface area contributed by atoms with Crippen molar-refractivity contribution in [1.29, 1.82) is 0 Å². The maximum atomic E-state index is 13.0. The van der Waals surface area contributed by atoms with Crippen LogP contribution in [-0.4, -0.2) is 32.6 Å². The lowest BCUT2D eigenvalue weighted by Gasteiger charge is -2.18. The Kier molecular flexibility index (Phi) is 4.53. The Hall–Kier alpha value is -3.67. The highest BCUT2D eigenvalue weighted by atomic mass is 16.2. The normalized spacial score (nSPS) is 10.9. The molecule has 0 aliphatic rings. The Morgan fingerprint density at radius 3 is 2.64 bits per heavy atom. The molecular formula is C22H20N4O2. The Balaban J connectivity index is 1.59. The van der Waals surface area contributed by atoms with Crippen molar-refractivity contribution in [1.82, 2.24) is 19.7 Å². The van der Waals surface area contributed by atoms with Gasteiger partial charge in [0.25, 0.3) is 5.91 Å². The van der Waals surface area contributed by atoms with E-state index in [0.717, 1.165) is 22.2 Å². The van der Waals surface area contributed by atoms with Gasteiger partial charge in [0.15, 0.2) is 0 Å². The van der Waals surface area contributed by atoms with E-state index in [1.807, 2.05) is 61.7 Å². The number of nitrogens with zero attached hydrogens (tertiary/aromatic N) is 3. The average molecular weight is 372 g/mol. The molecule has 2 aromatic carbocycles. The summed E-state index contributed by atoms with van der Waals surface area (Å²) in [6, 6.07) is 16.8. The van der Waals surface area contributed by atoms with E-state index in [0.29, 0.717) is 17.6 Å². The summed E-state index contributed by atoms with van der Waals surface area (Å²) >= 11 is 0. The molecule has 6 nitrogen and oxygen atoms in total. The van der Waals surface area contributed by atoms with Crippen molar-refractivity contribution < 1.29 is 4.79 Å². The molecule has 1 amide bonds. The highest BCUT2D eigenvalue weighted by Crippen LogP contribution is 2.19. The quantitative estimate of drug-likeness (QED) is 0.597. The van der Waals surface area contributed by atoms with Crippen molar-refractivity contribution in [2.24, 2.45) is 0 Å². The lowest BCUT2D eigenvalue weighted by Crippen LogP contribution is -2.27.